The van der Waals surface area contributed by atoms with Gasteiger partial charge in [-0.25, -0.2) is 4.58 Å². The molecule has 0 amide bonds. The van der Waals surface area contributed by atoms with E-state index in [1.807, 2.05) is 12.2 Å². The number of rotatable bonds is 4. The number of nitrogens with one attached hydrogen (secondary N) is 1. The SMILES string of the molecule is O=[N+]([O-])C1=C/C(=[N+](/[O-])O)c2[nH]o[n+](=O)c2C1C1C(N2CCOCC2)=CC(=[N+]2CCOCC2)C=C1N1CCOCC1. The summed E-state index contributed by atoms with van der Waals surface area (Å²) in [5, 5.41) is 36.6. The quantitative estimate of drug-likeness (QED) is 0.152. The highest BCUT2D eigenvalue weighted by atomic mass is 16.8. The average Bonchev–Trinajstić information content (AvgIpc) is 3.38. The predicted octanol–water partition coefficient (Wildman–Crippen LogP) is -0.986. The molecule has 4 heterocycles. The van der Waals surface area contributed by atoms with Crippen molar-refractivity contribution in [3.05, 3.63) is 66.9 Å². The Balaban J connectivity index is 1.59. The van der Waals surface area contributed by atoms with E-state index in [0.29, 0.717) is 78.9 Å². The third-order valence-corrected chi connectivity index (χ3v) is 7.95. The standard InChI is InChI=1S/C24H31N7O9/c32-29(33)19-15-20(30(34)35)23-24(31(36)40-25-23)22(19)21-17(27-3-9-38-10-4-27)13-16(26-1-7-37-8-2-26)14-18(21)28-5-11-39-12-6-28/h13-15,21-22,25H,1-12H2,(H,34,35)/q+2. The Kier molecular flexibility index (Phi) is 7.12. The van der Waals surface area contributed by atoms with Crippen molar-refractivity contribution < 1.29 is 43.0 Å². The Morgan fingerprint density at radius 3 is 1.95 bits per heavy atom. The molecule has 0 radical (unpaired) electrons. The molecule has 3 aliphatic heterocycles. The minimum Gasteiger partial charge on any atom is -0.417 e. The number of allylic oxidation sites excluding steroid dienone is 4. The predicted molar refractivity (Wildman–Crippen MR) is 134 cm³/mol. The average molecular weight is 562 g/mol. The highest BCUT2D eigenvalue weighted by Gasteiger charge is 2.55. The Bertz CT molecular complexity index is 1340. The molecule has 0 bridgehead atoms. The smallest absolute Gasteiger partial charge is 0.328 e. The van der Waals surface area contributed by atoms with Crippen LogP contribution < -0.4 is 4.60 Å². The largest absolute Gasteiger partial charge is 0.417 e. The number of nitrogens with zero attached hydrogens (tertiary/aromatic N) is 6. The van der Waals surface area contributed by atoms with E-state index in [2.05, 4.69) is 19.5 Å². The number of aromatic nitrogens is 2. The van der Waals surface area contributed by atoms with Gasteiger partial charge in [-0.2, -0.15) is 0 Å². The zero-order valence-corrected chi connectivity index (χ0v) is 21.8. The number of ether oxygens (including phenoxy) is 3. The van der Waals surface area contributed by atoms with Crippen LogP contribution in [-0.2, 0) is 14.2 Å². The second-order valence-electron chi connectivity index (χ2n) is 10.0. The van der Waals surface area contributed by atoms with Crippen LogP contribution in [0.1, 0.15) is 17.3 Å². The molecule has 0 spiro atoms. The topological polar surface area (TPSA) is 179 Å². The monoisotopic (exact) mass is 561 g/mol. The van der Waals surface area contributed by atoms with Gasteiger partial charge >= 0.3 is 5.71 Å². The molecular weight excluding hydrogens is 530 g/mol. The molecule has 5 aliphatic rings. The van der Waals surface area contributed by atoms with Crippen LogP contribution in [0.2, 0.25) is 0 Å². The van der Waals surface area contributed by atoms with Gasteiger partial charge < -0.3 is 29.2 Å². The van der Waals surface area contributed by atoms with Gasteiger partial charge in [-0.1, -0.05) is 9.79 Å². The molecule has 0 saturated carbocycles. The maximum atomic E-state index is 13.1. The number of H-pyrrole nitrogens is 1. The molecule has 2 aliphatic carbocycles. The zero-order chi connectivity index (χ0) is 27.8. The van der Waals surface area contributed by atoms with Crippen LogP contribution in [0.4, 0.5) is 0 Å². The first kappa shape index (κ1) is 26.2. The van der Waals surface area contributed by atoms with Crippen molar-refractivity contribution >= 4 is 11.4 Å². The van der Waals surface area contributed by atoms with Crippen LogP contribution in [0.15, 0.2) is 39.9 Å². The number of hydrogen-bond donors (Lipinski definition) is 2. The van der Waals surface area contributed by atoms with Crippen LogP contribution in [0.3, 0.4) is 0 Å². The van der Waals surface area contributed by atoms with Gasteiger partial charge in [-0.3, -0.25) is 15.3 Å². The normalized spacial score (nSPS) is 27.1. The van der Waals surface area contributed by atoms with Crippen molar-refractivity contribution in [3.63, 3.8) is 0 Å². The number of nitro groups is 1. The summed E-state index contributed by atoms with van der Waals surface area (Å²) in [7, 11) is 0. The molecule has 1 aromatic rings. The fourth-order valence-electron chi connectivity index (χ4n) is 6.06. The van der Waals surface area contributed by atoms with Crippen LogP contribution in [0, 0.1) is 26.1 Å². The summed E-state index contributed by atoms with van der Waals surface area (Å²) in [5.41, 5.74) is 1.38. The van der Waals surface area contributed by atoms with Gasteiger partial charge in [0.15, 0.2) is 17.7 Å². The van der Waals surface area contributed by atoms with E-state index in [9.17, 15) is 25.4 Å². The summed E-state index contributed by atoms with van der Waals surface area (Å²) in [6.45, 7) is 6.72. The van der Waals surface area contributed by atoms with Crippen molar-refractivity contribution in [2.24, 2.45) is 5.92 Å². The summed E-state index contributed by atoms with van der Waals surface area (Å²) < 4.78 is 24.1. The molecule has 16 nitrogen and oxygen atoms in total. The molecule has 2 N–H and O–H groups in total. The lowest BCUT2D eigenvalue weighted by Gasteiger charge is -2.43. The highest BCUT2D eigenvalue weighted by Crippen LogP contribution is 2.46. The van der Waals surface area contributed by atoms with Crippen LogP contribution in [0.25, 0.3) is 0 Å². The van der Waals surface area contributed by atoms with Gasteiger partial charge in [-0.05, 0) is 4.91 Å². The molecule has 6 rings (SSSR count). The van der Waals surface area contributed by atoms with E-state index in [0.717, 1.165) is 23.2 Å². The third-order valence-electron chi connectivity index (χ3n) is 7.95. The first-order chi connectivity index (χ1) is 19.4. The van der Waals surface area contributed by atoms with Gasteiger partial charge in [0.2, 0.25) is 5.71 Å². The molecule has 3 saturated heterocycles. The van der Waals surface area contributed by atoms with Crippen molar-refractivity contribution in [1.82, 2.24) is 15.0 Å². The van der Waals surface area contributed by atoms with Crippen LogP contribution >= 0.6 is 0 Å². The third kappa shape index (κ3) is 4.67. The van der Waals surface area contributed by atoms with Gasteiger partial charge in [0, 0.05) is 54.6 Å². The van der Waals surface area contributed by atoms with Crippen molar-refractivity contribution in [2.75, 3.05) is 78.9 Å². The minimum absolute atomic E-state index is 0.117. The summed E-state index contributed by atoms with van der Waals surface area (Å²) in [5.74, 6) is -1.83. The maximum absolute atomic E-state index is 13.1. The van der Waals surface area contributed by atoms with E-state index >= 15 is 0 Å². The lowest BCUT2D eigenvalue weighted by Crippen LogP contribution is -2.48. The molecule has 40 heavy (non-hydrogen) atoms. The number of hydrogen-bond acceptors (Lipinski definition) is 11. The first-order valence-electron chi connectivity index (χ1n) is 13.3. The summed E-state index contributed by atoms with van der Waals surface area (Å²) in [6, 6.07) is 0. The molecule has 1 atom stereocenters. The van der Waals surface area contributed by atoms with E-state index in [1.165, 1.54) is 0 Å². The number of morpholine rings is 3. The number of fused-ring (bicyclic) bond motifs is 1. The molecule has 0 aromatic carbocycles. The molecule has 16 heteroatoms. The van der Waals surface area contributed by atoms with Crippen LogP contribution in [0.5, 0.6) is 0 Å². The maximum Gasteiger partial charge on any atom is 0.328 e. The molecular formula is C24H31N7O9+2. The van der Waals surface area contributed by atoms with Gasteiger partial charge in [0.1, 0.15) is 19.1 Å². The van der Waals surface area contributed by atoms with Crippen LogP contribution in [-0.4, -0.2) is 125 Å². The Hall–Kier alpha value is -4.02. The summed E-state index contributed by atoms with van der Waals surface area (Å²) in [6.07, 6.45) is 5.07. The fraction of sp³-hybridized carbons (Fsp3) is 0.583. The van der Waals surface area contributed by atoms with Crippen molar-refractivity contribution in [3.8, 4) is 0 Å². The Morgan fingerprint density at radius 1 is 0.875 bits per heavy atom. The molecule has 1 aromatic heterocycles. The number of aromatic amines is 1. The molecule has 1 unspecified atom stereocenters. The Labute approximate surface area is 227 Å². The van der Waals surface area contributed by atoms with Gasteiger partial charge in [0.25, 0.3) is 17.1 Å². The highest BCUT2D eigenvalue weighted by molar-refractivity contribution is 6.06. The first-order valence-corrected chi connectivity index (χ1v) is 13.3. The molecule has 3 fully saturated rings. The summed E-state index contributed by atoms with van der Waals surface area (Å²) >= 11 is 0. The lowest BCUT2D eigenvalue weighted by molar-refractivity contribution is -0.726. The zero-order valence-electron chi connectivity index (χ0n) is 21.8. The van der Waals surface area contributed by atoms with Crippen molar-refractivity contribution in [2.45, 2.75) is 5.92 Å². The van der Waals surface area contributed by atoms with E-state index in [1.54, 1.807) is 0 Å². The fourth-order valence-corrected chi connectivity index (χ4v) is 6.06. The van der Waals surface area contributed by atoms with E-state index < -0.39 is 33.1 Å². The Morgan fingerprint density at radius 2 is 1.43 bits per heavy atom. The van der Waals surface area contributed by atoms with Gasteiger partial charge in [0.05, 0.1) is 43.3 Å². The molecule has 214 valence electrons. The lowest BCUT2D eigenvalue weighted by atomic mass is 9.75. The van der Waals surface area contributed by atoms with Crippen molar-refractivity contribution in [1.29, 1.82) is 0 Å². The minimum atomic E-state index is -1.14. The van der Waals surface area contributed by atoms with E-state index in [-0.39, 0.29) is 16.0 Å². The second-order valence-corrected chi connectivity index (χ2v) is 10.0. The van der Waals surface area contributed by atoms with E-state index in [4.69, 9.17) is 18.8 Å². The summed E-state index contributed by atoms with van der Waals surface area (Å²) in [4.78, 5) is 28.7. The van der Waals surface area contributed by atoms with Gasteiger partial charge in [-0.15, -0.1) is 0 Å². The second kappa shape index (κ2) is 10.9.